The summed E-state index contributed by atoms with van der Waals surface area (Å²) in [7, 11) is 3.05. The molecule has 1 aromatic carbocycles. The number of benzene rings is 1. The van der Waals surface area contributed by atoms with Crippen LogP contribution < -0.4 is 9.47 Å². The van der Waals surface area contributed by atoms with Crippen molar-refractivity contribution in [2.75, 3.05) is 20.8 Å². The monoisotopic (exact) mass is 408 g/mol. The van der Waals surface area contributed by atoms with Crippen LogP contribution in [0.4, 0.5) is 4.39 Å². The first-order valence-electron chi connectivity index (χ1n) is 9.73. The summed E-state index contributed by atoms with van der Waals surface area (Å²) in [4.78, 5) is 20.0. The summed E-state index contributed by atoms with van der Waals surface area (Å²) < 4.78 is 36.1. The number of unbranched alkanes of at least 4 members (excludes halogenated alkanes) is 1. The zero-order valence-electron chi connectivity index (χ0n) is 17.6. The molecule has 0 bridgehead atoms. The fraction of sp³-hybridized carbons (Fsp3) is 0.571. The van der Waals surface area contributed by atoms with Crippen LogP contribution in [0.25, 0.3) is 0 Å². The summed E-state index contributed by atoms with van der Waals surface area (Å²) in [5.74, 6) is 0.932. The maximum Gasteiger partial charge on any atom is 0.298 e. The molecule has 29 heavy (non-hydrogen) atoms. The summed E-state index contributed by atoms with van der Waals surface area (Å²) in [6.07, 6.45) is 1.91. The van der Waals surface area contributed by atoms with Crippen molar-refractivity contribution in [3.05, 3.63) is 23.5 Å². The number of carbonyl (C=O) groups excluding carboxylic acids is 1. The number of nitrogens with zero attached hydrogens (tertiary/aromatic N) is 2. The lowest BCUT2D eigenvalue weighted by atomic mass is 10.00. The molecule has 0 aliphatic carbocycles. The lowest BCUT2D eigenvalue weighted by Gasteiger charge is -2.27. The van der Waals surface area contributed by atoms with Gasteiger partial charge in [0.05, 0.1) is 20.8 Å². The number of rotatable bonds is 9. The van der Waals surface area contributed by atoms with Crippen LogP contribution in [0.3, 0.4) is 0 Å². The van der Waals surface area contributed by atoms with Gasteiger partial charge in [0.25, 0.3) is 6.47 Å². The number of methoxy groups -OCH3 is 2. The number of hydrogen-bond donors (Lipinski definition) is 0. The van der Waals surface area contributed by atoms with E-state index in [2.05, 4.69) is 9.98 Å². The van der Waals surface area contributed by atoms with Crippen molar-refractivity contribution < 1.29 is 28.1 Å². The molecule has 0 amide bonds. The van der Waals surface area contributed by atoms with E-state index in [1.807, 2.05) is 20.8 Å². The topological polar surface area (TPSA) is 78.7 Å². The van der Waals surface area contributed by atoms with Gasteiger partial charge >= 0.3 is 0 Å². The third kappa shape index (κ3) is 5.68. The molecule has 0 saturated heterocycles. The molecule has 0 aromatic heterocycles. The molecule has 0 spiro atoms. The van der Waals surface area contributed by atoms with E-state index in [1.54, 1.807) is 0 Å². The minimum absolute atomic E-state index is 0.162. The summed E-state index contributed by atoms with van der Waals surface area (Å²) >= 11 is 0. The van der Waals surface area contributed by atoms with Gasteiger partial charge in [0, 0.05) is 12.5 Å². The van der Waals surface area contributed by atoms with Gasteiger partial charge in [0.2, 0.25) is 11.8 Å². The quantitative estimate of drug-likeness (QED) is 0.461. The fourth-order valence-electron chi connectivity index (χ4n) is 3.02. The molecule has 1 unspecified atom stereocenters. The van der Waals surface area contributed by atoms with E-state index in [0.29, 0.717) is 30.4 Å². The molecule has 0 N–H and O–H groups in total. The van der Waals surface area contributed by atoms with E-state index < -0.39 is 11.9 Å². The van der Waals surface area contributed by atoms with Gasteiger partial charge in [0.1, 0.15) is 17.9 Å². The predicted molar refractivity (Wildman–Crippen MR) is 109 cm³/mol. The Labute approximate surface area is 170 Å². The van der Waals surface area contributed by atoms with Gasteiger partial charge in [-0.25, -0.2) is 14.4 Å². The second kappa shape index (κ2) is 10.8. The van der Waals surface area contributed by atoms with Crippen LogP contribution >= 0.6 is 0 Å². The van der Waals surface area contributed by atoms with Crippen molar-refractivity contribution in [2.45, 2.75) is 52.1 Å². The molecule has 0 fully saturated rings. The molecule has 1 heterocycles. The van der Waals surface area contributed by atoms with E-state index in [9.17, 15) is 9.18 Å². The minimum Gasteiger partial charge on any atom is -0.490 e. The first-order valence-corrected chi connectivity index (χ1v) is 9.73. The molecule has 1 aliphatic rings. The summed E-state index contributed by atoms with van der Waals surface area (Å²) in [6.45, 7) is 6.74. The average Bonchev–Trinajstić information content (AvgIpc) is 2.70. The number of carbonyl (C=O) groups is 1. The lowest BCUT2D eigenvalue weighted by molar-refractivity contribution is -0.120. The molecule has 160 valence electrons. The van der Waals surface area contributed by atoms with Crippen LogP contribution in [0.2, 0.25) is 0 Å². The number of halogens is 1. The van der Waals surface area contributed by atoms with Crippen LogP contribution in [-0.2, 0) is 20.7 Å². The van der Waals surface area contributed by atoms with Crippen molar-refractivity contribution in [3.8, 4) is 11.5 Å². The molecule has 0 saturated carbocycles. The minimum atomic E-state index is -0.546. The van der Waals surface area contributed by atoms with Crippen LogP contribution in [0.5, 0.6) is 11.5 Å². The highest BCUT2D eigenvalue weighted by Crippen LogP contribution is 2.32. The largest absolute Gasteiger partial charge is 0.490 e. The second-order valence-electron chi connectivity index (χ2n) is 7.06. The average molecular weight is 408 g/mol. The first kappa shape index (κ1) is 22.6. The molecule has 2 atom stereocenters. The van der Waals surface area contributed by atoms with Gasteiger partial charge in [-0.1, -0.05) is 27.2 Å². The maximum absolute atomic E-state index is 14.8. The third-order valence-electron chi connectivity index (χ3n) is 4.59. The van der Waals surface area contributed by atoms with E-state index >= 15 is 0 Å². The Balaban J connectivity index is 2.31. The van der Waals surface area contributed by atoms with Crippen LogP contribution in [0, 0.1) is 11.7 Å². The van der Waals surface area contributed by atoms with Crippen molar-refractivity contribution in [1.29, 1.82) is 0 Å². The Morgan fingerprint density at radius 3 is 2.45 bits per heavy atom. The molecule has 2 rings (SSSR count). The zero-order valence-corrected chi connectivity index (χ0v) is 17.6. The Bertz CT molecular complexity index is 764. The molecule has 8 heteroatoms. The zero-order chi connectivity index (χ0) is 21.4. The number of ether oxygens (including phenoxy) is 4. The fourth-order valence-corrected chi connectivity index (χ4v) is 3.02. The van der Waals surface area contributed by atoms with Gasteiger partial charge in [0.15, 0.2) is 11.5 Å². The molecular weight excluding hydrogens is 379 g/mol. The first-order chi connectivity index (χ1) is 13.9. The summed E-state index contributed by atoms with van der Waals surface area (Å²) in [6, 6.07) is 1.89. The van der Waals surface area contributed by atoms with Gasteiger partial charge in [-0.15, -0.1) is 0 Å². The lowest BCUT2D eigenvalue weighted by Crippen LogP contribution is -2.38. The molecule has 1 aliphatic heterocycles. The Morgan fingerprint density at radius 1 is 1.14 bits per heavy atom. The summed E-state index contributed by atoms with van der Waals surface area (Å²) in [5.41, 5.74) is 0.307. The highest BCUT2D eigenvalue weighted by molar-refractivity contribution is 5.94. The maximum atomic E-state index is 14.8. The summed E-state index contributed by atoms with van der Waals surface area (Å²) in [5, 5.41) is 0. The molecule has 7 nitrogen and oxygen atoms in total. The Morgan fingerprint density at radius 2 is 1.86 bits per heavy atom. The SMILES string of the molecule is CCCCOc1cc(F)c(C[C@@H]2N=C(OC)C(C(C)C)N=C2OC)cc1OC=O. The Hall–Kier alpha value is -2.64. The van der Waals surface area contributed by atoms with Gasteiger partial charge in [-0.2, -0.15) is 0 Å². The molecule has 0 radical (unpaired) electrons. The van der Waals surface area contributed by atoms with Crippen LogP contribution in [0.15, 0.2) is 22.1 Å². The standard InChI is InChI=1S/C21H29FN2O5/c1-6-7-8-28-18-11-15(22)14(10-17(18)29-12-25)9-16-20(26-4)24-19(13(2)3)21(23-16)27-5/h10-13,16,19H,6-9H2,1-5H3/t16-,19?/m0/s1. The van der Waals surface area contributed by atoms with Crippen LogP contribution in [-0.4, -0.2) is 51.2 Å². The van der Waals surface area contributed by atoms with Gasteiger partial charge in [-0.3, -0.25) is 4.79 Å². The molecule has 1 aromatic rings. The van der Waals surface area contributed by atoms with Gasteiger partial charge in [-0.05, 0) is 24.0 Å². The van der Waals surface area contributed by atoms with Crippen molar-refractivity contribution in [1.82, 2.24) is 0 Å². The second-order valence-corrected chi connectivity index (χ2v) is 7.06. The van der Waals surface area contributed by atoms with Gasteiger partial charge < -0.3 is 18.9 Å². The number of hydrogen-bond acceptors (Lipinski definition) is 7. The predicted octanol–water partition coefficient (Wildman–Crippen LogP) is 3.58. The Kier molecular flexibility index (Phi) is 8.42. The van der Waals surface area contributed by atoms with E-state index in [-0.39, 0.29) is 29.9 Å². The molecular formula is C21H29FN2O5. The smallest absolute Gasteiger partial charge is 0.298 e. The van der Waals surface area contributed by atoms with Crippen molar-refractivity contribution >= 4 is 18.3 Å². The van der Waals surface area contributed by atoms with E-state index in [4.69, 9.17) is 18.9 Å². The highest BCUT2D eigenvalue weighted by Gasteiger charge is 2.31. The normalized spacial score (nSPS) is 18.7. The van der Waals surface area contributed by atoms with E-state index in [0.717, 1.165) is 12.8 Å². The number of aliphatic imine (C=N–C) groups is 2. The third-order valence-corrected chi connectivity index (χ3v) is 4.59. The van der Waals surface area contributed by atoms with Crippen molar-refractivity contribution in [2.24, 2.45) is 15.9 Å². The van der Waals surface area contributed by atoms with Crippen molar-refractivity contribution in [3.63, 3.8) is 0 Å². The highest BCUT2D eigenvalue weighted by atomic mass is 19.1. The van der Waals surface area contributed by atoms with E-state index in [1.165, 1.54) is 26.4 Å². The van der Waals surface area contributed by atoms with Crippen LogP contribution in [0.1, 0.15) is 39.2 Å².